The van der Waals surface area contributed by atoms with Crippen LogP contribution in [-0.4, -0.2) is 19.3 Å². The fourth-order valence-electron chi connectivity index (χ4n) is 1.39. The molecule has 0 aliphatic carbocycles. The minimum Gasteiger partial charge on any atom is -0.343 e. The van der Waals surface area contributed by atoms with Crippen LogP contribution in [0, 0.1) is 0 Å². The number of thiophene rings is 1. The van der Waals surface area contributed by atoms with Crippen LogP contribution < -0.4 is 10.5 Å². The molecule has 19 heavy (non-hydrogen) atoms. The zero-order valence-electron chi connectivity index (χ0n) is 9.86. The lowest BCUT2D eigenvalue weighted by molar-refractivity contribution is 0.0936. The van der Waals surface area contributed by atoms with Gasteiger partial charge in [0.1, 0.15) is 9.90 Å². The summed E-state index contributed by atoms with van der Waals surface area (Å²) in [5, 5.41) is 9.42. The van der Waals surface area contributed by atoms with E-state index in [0.29, 0.717) is 10.6 Å². The number of nitrogens with two attached hydrogens (primary N) is 1. The molecule has 1 amide bonds. The summed E-state index contributed by atoms with van der Waals surface area (Å²) < 4.78 is 22.4. The highest BCUT2D eigenvalue weighted by atomic mass is 32.2. The van der Waals surface area contributed by atoms with Crippen LogP contribution >= 0.6 is 22.7 Å². The Kier molecular flexibility index (Phi) is 3.99. The number of primary sulfonamides is 1. The van der Waals surface area contributed by atoms with E-state index in [2.05, 4.69) is 10.3 Å². The summed E-state index contributed by atoms with van der Waals surface area (Å²) in [7, 11) is -3.69. The SMILES string of the molecule is CC(NC(=O)c1cscn1)c1ccc(S(N)(=O)=O)s1. The molecule has 1 atom stereocenters. The van der Waals surface area contributed by atoms with Crippen LogP contribution in [0.15, 0.2) is 27.2 Å². The lowest BCUT2D eigenvalue weighted by Gasteiger charge is -2.10. The van der Waals surface area contributed by atoms with Gasteiger partial charge in [0.15, 0.2) is 0 Å². The number of hydrogen-bond acceptors (Lipinski definition) is 6. The quantitative estimate of drug-likeness (QED) is 0.888. The van der Waals surface area contributed by atoms with E-state index >= 15 is 0 Å². The van der Waals surface area contributed by atoms with Gasteiger partial charge in [0.25, 0.3) is 5.91 Å². The molecule has 2 aromatic heterocycles. The number of carbonyl (C=O) groups is 1. The molecule has 3 N–H and O–H groups in total. The minimum absolute atomic E-state index is 0.0808. The van der Waals surface area contributed by atoms with Gasteiger partial charge in [-0.05, 0) is 19.1 Å². The molecule has 0 fully saturated rings. The Morgan fingerprint density at radius 2 is 2.21 bits per heavy atom. The van der Waals surface area contributed by atoms with Gasteiger partial charge in [0, 0.05) is 10.3 Å². The van der Waals surface area contributed by atoms with E-state index in [9.17, 15) is 13.2 Å². The summed E-state index contributed by atoms with van der Waals surface area (Å²) >= 11 is 2.37. The summed E-state index contributed by atoms with van der Waals surface area (Å²) in [6.45, 7) is 1.77. The molecule has 0 bridgehead atoms. The van der Waals surface area contributed by atoms with Gasteiger partial charge in [-0.1, -0.05) is 0 Å². The summed E-state index contributed by atoms with van der Waals surface area (Å²) in [6, 6.07) is 2.76. The first-order valence-electron chi connectivity index (χ1n) is 5.19. The molecule has 2 aromatic rings. The Morgan fingerprint density at radius 1 is 1.47 bits per heavy atom. The Morgan fingerprint density at radius 3 is 2.74 bits per heavy atom. The van der Waals surface area contributed by atoms with Crippen molar-refractivity contribution in [1.29, 1.82) is 0 Å². The van der Waals surface area contributed by atoms with Crippen LogP contribution in [0.25, 0.3) is 0 Å². The van der Waals surface area contributed by atoms with Gasteiger partial charge in [-0.15, -0.1) is 22.7 Å². The number of aromatic nitrogens is 1. The number of rotatable bonds is 4. The van der Waals surface area contributed by atoms with E-state index in [1.54, 1.807) is 23.9 Å². The molecule has 0 radical (unpaired) electrons. The predicted octanol–water partition coefficient (Wildman–Crippen LogP) is 1.34. The molecule has 0 aliphatic heterocycles. The number of sulfonamides is 1. The maximum absolute atomic E-state index is 11.8. The van der Waals surface area contributed by atoms with Gasteiger partial charge in [0.05, 0.1) is 11.6 Å². The maximum Gasteiger partial charge on any atom is 0.271 e. The second-order valence-electron chi connectivity index (χ2n) is 3.77. The third-order valence-electron chi connectivity index (χ3n) is 2.32. The normalized spacial score (nSPS) is 13.2. The standard InChI is InChI=1S/C10H11N3O3S3/c1-6(13-10(14)7-4-17-5-12-7)8-2-3-9(18-8)19(11,15)16/h2-6H,1H3,(H,13,14)(H2,11,15,16). The van der Waals surface area contributed by atoms with Crippen LogP contribution in [0.3, 0.4) is 0 Å². The van der Waals surface area contributed by atoms with Crippen molar-refractivity contribution in [1.82, 2.24) is 10.3 Å². The molecule has 1 unspecified atom stereocenters. The summed E-state index contributed by atoms with van der Waals surface area (Å²) in [4.78, 5) is 16.4. The number of carbonyl (C=O) groups excluding carboxylic acids is 1. The van der Waals surface area contributed by atoms with Crippen LogP contribution in [0.4, 0.5) is 0 Å². The fraction of sp³-hybridized carbons (Fsp3) is 0.200. The first-order chi connectivity index (χ1) is 8.88. The van der Waals surface area contributed by atoms with Crippen molar-refractivity contribution in [3.63, 3.8) is 0 Å². The van der Waals surface area contributed by atoms with E-state index in [1.807, 2.05) is 0 Å². The highest BCUT2D eigenvalue weighted by molar-refractivity contribution is 7.91. The van der Waals surface area contributed by atoms with Crippen LogP contribution in [0.1, 0.15) is 28.3 Å². The Balaban J connectivity index is 2.10. The molecular weight excluding hydrogens is 306 g/mol. The van der Waals surface area contributed by atoms with Crippen molar-refractivity contribution in [3.05, 3.63) is 33.6 Å². The highest BCUT2D eigenvalue weighted by Gasteiger charge is 2.17. The summed E-state index contributed by atoms with van der Waals surface area (Å²) in [6.07, 6.45) is 0. The monoisotopic (exact) mass is 317 g/mol. The smallest absolute Gasteiger partial charge is 0.271 e. The summed E-state index contributed by atoms with van der Waals surface area (Å²) in [5.41, 5.74) is 1.92. The third-order valence-corrected chi connectivity index (χ3v) is 5.61. The fourth-order valence-corrected chi connectivity index (χ4v) is 3.67. The number of hydrogen-bond donors (Lipinski definition) is 2. The molecule has 6 nitrogen and oxygen atoms in total. The van der Waals surface area contributed by atoms with Crippen molar-refractivity contribution in [2.24, 2.45) is 5.14 Å². The highest BCUT2D eigenvalue weighted by Crippen LogP contribution is 2.25. The van der Waals surface area contributed by atoms with Crippen molar-refractivity contribution in [2.45, 2.75) is 17.2 Å². The predicted molar refractivity (Wildman–Crippen MR) is 73.7 cm³/mol. The summed E-state index contributed by atoms with van der Waals surface area (Å²) in [5.74, 6) is -0.292. The third kappa shape index (κ3) is 3.38. The first kappa shape index (κ1) is 14.1. The van der Waals surface area contributed by atoms with Crippen molar-refractivity contribution in [2.75, 3.05) is 0 Å². The molecule has 9 heteroatoms. The van der Waals surface area contributed by atoms with Gasteiger partial charge in [0.2, 0.25) is 10.0 Å². The second kappa shape index (κ2) is 5.37. The Bertz CT molecular complexity index is 676. The number of thiazole rings is 1. The van der Waals surface area contributed by atoms with Crippen LogP contribution in [0.5, 0.6) is 0 Å². The van der Waals surface area contributed by atoms with Crippen molar-refractivity contribution in [3.8, 4) is 0 Å². The largest absolute Gasteiger partial charge is 0.343 e. The van der Waals surface area contributed by atoms with E-state index in [-0.39, 0.29) is 16.2 Å². The van der Waals surface area contributed by atoms with E-state index in [0.717, 1.165) is 11.3 Å². The van der Waals surface area contributed by atoms with Crippen molar-refractivity contribution >= 4 is 38.6 Å². The molecule has 0 saturated carbocycles. The van der Waals surface area contributed by atoms with E-state index < -0.39 is 10.0 Å². The van der Waals surface area contributed by atoms with Crippen LogP contribution in [-0.2, 0) is 10.0 Å². The molecule has 0 spiro atoms. The van der Waals surface area contributed by atoms with Crippen molar-refractivity contribution < 1.29 is 13.2 Å². The van der Waals surface area contributed by atoms with Gasteiger partial charge in [-0.3, -0.25) is 4.79 Å². The molecule has 0 saturated heterocycles. The molecule has 2 heterocycles. The zero-order chi connectivity index (χ0) is 14.0. The van der Waals surface area contributed by atoms with E-state index in [4.69, 9.17) is 5.14 Å². The average molecular weight is 317 g/mol. The number of nitrogens with zero attached hydrogens (tertiary/aromatic N) is 1. The Labute approximate surface area is 118 Å². The minimum atomic E-state index is -3.69. The maximum atomic E-state index is 11.8. The first-order valence-corrected chi connectivity index (χ1v) is 8.50. The molecule has 2 rings (SSSR count). The van der Waals surface area contributed by atoms with Gasteiger partial charge >= 0.3 is 0 Å². The second-order valence-corrected chi connectivity index (χ2v) is 7.39. The van der Waals surface area contributed by atoms with Gasteiger partial charge in [-0.2, -0.15) is 0 Å². The topological polar surface area (TPSA) is 102 Å². The lowest BCUT2D eigenvalue weighted by Crippen LogP contribution is -2.26. The number of amides is 1. The zero-order valence-corrected chi connectivity index (χ0v) is 12.3. The lowest BCUT2D eigenvalue weighted by atomic mass is 10.2. The Hall–Kier alpha value is -1.29. The van der Waals surface area contributed by atoms with E-state index in [1.165, 1.54) is 17.4 Å². The number of nitrogens with one attached hydrogen (secondary N) is 1. The molecule has 0 aliphatic rings. The molecule has 102 valence electrons. The average Bonchev–Trinajstić information content (AvgIpc) is 3.00. The molecule has 0 aromatic carbocycles. The van der Waals surface area contributed by atoms with Gasteiger partial charge in [-0.25, -0.2) is 18.5 Å². The van der Waals surface area contributed by atoms with Gasteiger partial charge < -0.3 is 5.32 Å². The molecular formula is C10H11N3O3S3. The van der Waals surface area contributed by atoms with Crippen LogP contribution in [0.2, 0.25) is 0 Å².